The average molecular weight is 244 g/mol. The van der Waals surface area contributed by atoms with Crippen molar-refractivity contribution in [3.05, 3.63) is 41.0 Å². The highest BCUT2D eigenvalue weighted by Gasteiger charge is 2.16. The van der Waals surface area contributed by atoms with Gasteiger partial charge in [0.2, 0.25) is 0 Å². The molecule has 0 aliphatic heterocycles. The fourth-order valence-electron chi connectivity index (χ4n) is 2.32. The smallest absolute Gasteiger partial charge is 0.165 e. The molecule has 0 heterocycles. The molecule has 0 saturated heterocycles. The second-order valence-corrected chi connectivity index (χ2v) is 4.53. The van der Waals surface area contributed by atoms with Crippen LogP contribution in [0.1, 0.15) is 16.7 Å². The zero-order chi connectivity index (χ0) is 13.4. The second kappa shape index (κ2) is 4.26. The molecule has 0 aliphatic carbocycles. The number of para-hydroxylation sites is 1. The second-order valence-electron chi connectivity index (χ2n) is 4.53. The van der Waals surface area contributed by atoms with Gasteiger partial charge in [-0.3, -0.25) is 0 Å². The Morgan fingerprint density at radius 1 is 0.833 bits per heavy atom. The molecule has 0 saturated carbocycles. The minimum absolute atomic E-state index is 0.160. The SMILES string of the molecule is Cc1cc(C)c(-c2cccc(O)c2O)c(C)c1O. The summed E-state index contributed by atoms with van der Waals surface area (Å²) < 4.78 is 0. The summed E-state index contributed by atoms with van der Waals surface area (Å²) in [6.45, 7) is 5.55. The van der Waals surface area contributed by atoms with Crippen LogP contribution in [0.2, 0.25) is 0 Å². The Bertz CT molecular complexity index is 616. The maximum Gasteiger partial charge on any atom is 0.165 e. The van der Waals surface area contributed by atoms with Gasteiger partial charge in [0.15, 0.2) is 11.5 Å². The molecule has 2 aromatic carbocycles. The summed E-state index contributed by atoms with van der Waals surface area (Å²) in [5.74, 6) is -0.100. The number of aromatic hydroxyl groups is 3. The molecular formula is C15H16O3. The molecule has 18 heavy (non-hydrogen) atoms. The van der Waals surface area contributed by atoms with Crippen LogP contribution >= 0.6 is 0 Å². The van der Waals surface area contributed by atoms with Crippen LogP contribution < -0.4 is 0 Å². The molecule has 2 aromatic rings. The van der Waals surface area contributed by atoms with Crippen molar-refractivity contribution in [1.29, 1.82) is 0 Å². The van der Waals surface area contributed by atoms with Crippen molar-refractivity contribution in [3.8, 4) is 28.4 Å². The Morgan fingerprint density at radius 3 is 2.17 bits per heavy atom. The summed E-state index contributed by atoms with van der Waals surface area (Å²) >= 11 is 0. The van der Waals surface area contributed by atoms with E-state index in [1.165, 1.54) is 6.07 Å². The van der Waals surface area contributed by atoms with Gasteiger partial charge in [-0.15, -0.1) is 0 Å². The topological polar surface area (TPSA) is 60.7 Å². The van der Waals surface area contributed by atoms with Crippen molar-refractivity contribution < 1.29 is 15.3 Å². The molecule has 94 valence electrons. The molecule has 0 unspecified atom stereocenters. The van der Waals surface area contributed by atoms with Crippen LogP contribution in [0.3, 0.4) is 0 Å². The number of benzene rings is 2. The van der Waals surface area contributed by atoms with Gasteiger partial charge in [0.05, 0.1) is 0 Å². The molecule has 3 N–H and O–H groups in total. The first kappa shape index (κ1) is 12.3. The molecule has 0 atom stereocenters. The summed E-state index contributed by atoms with van der Waals surface area (Å²) in [7, 11) is 0. The zero-order valence-electron chi connectivity index (χ0n) is 10.7. The minimum Gasteiger partial charge on any atom is -0.507 e. The van der Waals surface area contributed by atoms with Gasteiger partial charge in [0, 0.05) is 5.56 Å². The van der Waals surface area contributed by atoms with Crippen molar-refractivity contribution in [2.75, 3.05) is 0 Å². The first-order valence-corrected chi connectivity index (χ1v) is 5.74. The van der Waals surface area contributed by atoms with Gasteiger partial charge in [0.1, 0.15) is 5.75 Å². The fraction of sp³-hybridized carbons (Fsp3) is 0.200. The van der Waals surface area contributed by atoms with E-state index in [1.807, 2.05) is 19.9 Å². The Hall–Kier alpha value is -2.16. The number of hydrogen-bond donors (Lipinski definition) is 3. The maximum atomic E-state index is 9.99. The van der Waals surface area contributed by atoms with Crippen LogP contribution in [0.5, 0.6) is 17.2 Å². The Balaban J connectivity index is 2.80. The van der Waals surface area contributed by atoms with Gasteiger partial charge >= 0.3 is 0 Å². The van der Waals surface area contributed by atoms with E-state index < -0.39 is 0 Å². The molecule has 2 rings (SSSR count). The lowest BCUT2D eigenvalue weighted by Crippen LogP contribution is -1.92. The quantitative estimate of drug-likeness (QED) is 0.674. The Labute approximate surface area is 106 Å². The number of rotatable bonds is 1. The molecule has 0 aromatic heterocycles. The average Bonchev–Trinajstić information content (AvgIpc) is 2.32. The lowest BCUT2D eigenvalue weighted by molar-refractivity contribution is 0.405. The van der Waals surface area contributed by atoms with Gasteiger partial charge in [-0.2, -0.15) is 0 Å². The Morgan fingerprint density at radius 2 is 1.50 bits per heavy atom. The summed E-state index contributed by atoms with van der Waals surface area (Å²) in [6, 6.07) is 6.68. The fourth-order valence-corrected chi connectivity index (χ4v) is 2.32. The molecule has 0 bridgehead atoms. The largest absolute Gasteiger partial charge is 0.507 e. The van der Waals surface area contributed by atoms with E-state index in [4.69, 9.17) is 0 Å². The van der Waals surface area contributed by atoms with E-state index in [2.05, 4.69) is 0 Å². The minimum atomic E-state index is -0.161. The molecule has 3 nitrogen and oxygen atoms in total. The van der Waals surface area contributed by atoms with E-state index in [1.54, 1.807) is 19.1 Å². The molecule has 0 spiro atoms. The van der Waals surface area contributed by atoms with Gasteiger partial charge in [-0.1, -0.05) is 18.2 Å². The van der Waals surface area contributed by atoms with Gasteiger partial charge in [-0.25, -0.2) is 0 Å². The van der Waals surface area contributed by atoms with E-state index in [9.17, 15) is 15.3 Å². The predicted octanol–water partition coefficient (Wildman–Crippen LogP) is 3.40. The zero-order valence-corrected chi connectivity index (χ0v) is 10.7. The lowest BCUT2D eigenvalue weighted by atomic mass is 9.92. The summed E-state index contributed by atoms with van der Waals surface area (Å²) in [6.07, 6.45) is 0. The first-order chi connectivity index (χ1) is 8.43. The monoisotopic (exact) mass is 244 g/mol. The standard InChI is InChI=1S/C15H16O3/c1-8-7-9(2)14(17)10(3)13(8)11-5-4-6-12(16)15(11)18/h4-7,16-18H,1-3H3. The van der Waals surface area contributed by atoms with Gasteiger partial charge < -0.3 is 15.3 Å². The lowest BCUT2D eigenvalue weighted by Gasteiger charge is -2.15. The molecule has 0 radical (unpaired) electrons. The normalized spacial score (nSPS) is 10.6. The summed E-state index contributed by atoms with van der Waals surface area (Å²) in [4.78, 5) is 0. The van der Waals surface area contributed by atoms with E-state index >= 15 is 0 Å². The van der Waals surface area contributed by atoms with E-state index in [0.29, 0.717) is 11.1 Å². The van der Waals surface area contributed by atoms with E-state index in [0.717, 1.165) is 16.7 Å². The van der Waals surface area contributed by atoms with Gasteiger partial charge in [-0.05, 0) is 49.1 Å². The highest BCUT2D eigenvalue weighted by Crippen LogP contribution is 2.42. The number of hydrogen-bond acceptors (Lipinski definition) is 3. The van der Waals surface area contributed by atoms with Crippen molar-refractivity contribution in [2.24, 2.45) is 0 Å². The maximum absolute atomic E-state index is 9.99. The van der Waals surface area contributed by atoms with Gasteiger partial charge in [0.25, 0.3) is 0 Å². The number of phenols is 3. The van der Waals surface area contributed by atoms with E-state index in [-0.39, 0.29) is 17.2 Å². The van der Waals surface area contributed by atoms with Crippen molar-refractivity contribution in [3.63, 3.8) is 0 Å². The number of phenolic OH excluding ortho intramolecular Hbond substituents is 3. The third-order valence-corrected chi connectivity index (χ3v) is 3.22. The van der Waals surface area contributed by atoms with Crippen molar-refractivity contribution >= 4 is 0 Å². The van der Waals surface area contributed by atoms with Crippen LogP contribution in [0.15, 0.2) is 24.3 Å². The van der Waals surface area contributed by atoms with Crippen LogP contribution in [0.25, 0.3) is 11.1 Å². The third-order valence-electron chi connectivity index (χ3n) is 3.22. The van der Waals surface area contributed by atoms with Crippen molar-refractivity contribution in [2.45, 2.75) is 20.8 Å². The van der Waals surface area contributed by atoms with Crippen LogP contribution in [-0.2, 0) is 0 Å². The van der Waals surface area contributed by atoms with Crippen LogP contribution in [0, 0.1) is 20.8 Å². The number of aryl methyl sites for hydroxylation is 2. The predicted molar refractivity (Wildman–Crippen MR) is 71.1 cm³/mol. The summed E-state index contributed by atoms with van der Waals surface area (Å²) in [5, 5.41) is 29.5. The Kier molecular flexibility index (Phi) is 2.91. The first-order valence-electron chi connectivity index (χ1n) is 5.74. The highest BCUT2D eigenvalue weighted by atomic mass is 16.3. The molecule has 3 heteroatoms. The van der Waals surface area contributed by atoms with Crippen LogP contribution in [0.4, 0.5) is 0 Å². The molecule has 0 aliphatic rings. The summed E-state index contributed by atoms with van der Waals surface area (Å²) in [5.41, 5.74) is 3.73. The molecule has 0 amide bonds. The molecule has 0 fully saturated rings. The molecular weight excluding hydrogens is 228 g/mol. The van der Waals surface area contributed by atoms with Crippen molar-refractivity contribution in [1.82, 2.24) is 0 Å². The van der Waals surface area contributed by atoms with Crippen LogP contribution in [-0.4, -0.2) is 15.3 Å². The highest BCUT2D eigenvalue weighted by molar-refractivity contribution is 5.80. The third kappa shape index (κ3) is 1.78.